The average Bonchev–Trinajstić information content (AvgIpc) is 3.68. The SMILES string of the molecule is Cc1cccc(C2c3cc(OCc4nc(C(=O)N5CCN(C)CC5)cs4)ccc3CCN2C(=O)C2CC2)c1. The van der Waals surface area contributed by atoms with Crippen LogP contribution in [0.5, 0.6) is 5.75 Å². The topological polar surface area (TPSA) is 66.0 Å². The van der Waals surface area contributed by atoms with E-state index in [2.05, 4.69) is 65.2 Å². The summed E-state index contributed by atoms with van der Waals surface area (Å²) in [5.74, 6) is 1.20. The minimum absolute atomic E-state index is 0.00389. The predicted octanol–water partition coefficient (Wildman–Crippen LogP) is 4.30. The number of hydrogen-bond donors (Lipinski definition) is 0. The van der Waals surface area contributed by atoms with E-state index in [0.717, 1.165) is 73.9 Å². The molecule has 2 fully saturated rings. The standard InChI is InChI=1S/C30H34N4O3S/c1-20-4-3-5-23(16-20)28-25-17-24(9-8-21(25)10-11-34(28)29(35)22-6-7-22)37-18-27-31-26(19-38-27)30(36)33-14-12-32(2)13-15-33/h3-5,8-9,16-17,19,22,28H,6-7,10-15,18H2,1-2H3. The number of carbonyl (C=O) groups excluding carboxylic acids is 2. The lowest BCUT2D eigenvalue weighted by Gasteiger charge is -2.38. The van der Waals surface area contributed by atoms with Crippen LogP contribution < -0.4 is 4.74 Å². The molecule has 2 aromatic carbocycles. The van der Waals surface area contributed by atoms with Crippen LogP contribution in [0.3, 0.4) is 0 Å². The number of benzene rings is 2. The fourth-order valence-corrected chi connectivity index (χ4v) is 6.16. The summed E-state index contributed by atoms with van der Waals surface area (Å²) in [5.41, 5.74) is 5.23. The summed E-state index contributed by atoms with van der Waals surface area (Å²) in [6.45, 7) is 6.38. The van der Waals surface area contributed by atoms with Crippen molar-refractivity contribution in [2.45, 2.75) is 38.8 Å². The fourth-order valence-electron chi connectivity index (χ4n) is 5.48. The maximum Gasteiger partial charge on any atom is 0.273 e. The Morgan fingerprint density at radius 1 is 1.05 bits per heavy atom. The molecule has 2 amide bonds. The van der Waals surface area contributed by atoms with Gasteiger partial charge in [0.25, 0.3) is 5.91 Å². The quantitative estimate of drug-likeness (QED) is 0.476. The molecule has 1 aliphatic carbocycles. The van der Waals surface area contributed by atoms with Gasteiger partial charge in [0.05, 0.1) is 6.04 Å². The summed E-state index contributed by atoms with van der Waals surface area (Å²) >= 11 is 1.46. The van der Waals surface area contributed by atoms with Crippen LogP contribution in [0, 0.1) is 12.8 Å². The third-order valence-corrected chi connectivity index (χ3v) is 8.66. The van der Waals surface area contributed by atoms with Gasteiger partial charge in [0.2, 0.25) is 5.91 Å². The van der Waals surface area contributed by atoms with Crippen LogP contribution in [-0.2, 0) is 17.8 Å². The molecule has 0 bridgehead atoms. The molecule has 0 spiro atoms. The zero-order valence-electron chi connectivity index (χ0n) is 22.1. The Kier molecular flexibility index (Phi) is 6.93. The summed E-state index contributed by atoms with van der Waals surface area (Å²) in [7, 11) is 2.08. The second kappa shape index (κ2) is 10.5. The molecular weight excluding hydrogens is 496 g/mol. The summed E-state index contributed by atoms with van der Waals surface area (Å²) in [5, 5.41) is 2.61. The van der Waals surface area contributed by atoms with Gasteiger partial charge in [-0.2, -0.15) is 0 Å². The molecule has 1 unspecified atom stereocenters. The predicted molar refractivity (Wildman–Crippen MR) is 147 cm³/mol. The van der Waals surface area contributed by atoms with Crippen molar-refractivity contribution in [1.29, 1.82) is 0 Å². The number of carbonyl (C=O) groups is 2. The van der Waals surface area contributed by atoms with Crippen LogP contribution in [-0.4, -0.2) is 71.3 Å². The lowest BCUT2D eigenvalue weighted by molar-refractivity contribution is -0.134. The van der Waals surface area contributed by atoms with E-state index in [4.69, 9.17) is 4.74 Å². The minimum atomic E-state index is -0.108. The van der Waals surface area contributed by atoms with Crippen LogP contribution in [0.15, 0.2) is 47.8 Å². The maximum absolute atomic E-state index is 13.3. The first kappa shape index (κ1) is 25.1. The number of piperazine rings is 1. The highest BCUT2D eigenvalue weighted by atomic mass is 32.1. The fraction of sp³-hybridized carbons (Fsp3) is 0.433. The van der Waals surface area contributed by atoms with E-state index in [1.165, 1.54) is 22.5 Å². The van der Waals surface area contributed by atoms with E-state index in [0.29, 0.717) is 12.3 Å². The number of nitrogens with zero attached hydrogens (tertiary/aromatic N) is 4. The summed E-state index contributed by atoms with van der Waals surface area (Å²) in [6.07, 6.45) is 2.85. The molecular formula is C30H34N4O3S. The van der Waals surface area contributed by atoms with Gasteiger partial charge in [-0.05, 0) is 62.1 Å². The Morgan fingerprint density at radius 3 is 2.63 bits per heavy atom. The number of thiazole rings is 1. The van der Waals surface area contributed by atoms with E-state index in [9.17, 15) is 9.59 Å². The molecule has 38 heavy (non-hydrogen) atoms. The Bertz CT molecular complexity index is 1340. The van der Waals surface area contributed by atoms with Gasteiger partial charge in [-0.1, -0.05) is 35.9 Å². The Balaban J connectivity index is 1.20. The molecule has 1 saturated heterocycles. The molecule has 3 aromatic rings. The summed E-state index contributed by atoms with van der Waals surface area (Å²) in [6, 6.07) is 14.6. The van der Waals surface area contributed by atoms with Gasteiger partial charge in [-0.3, -0.25) is 9.59 Å². The molecule has 7 nitrogen and oxygen atoms in total. The number of fused-ring (bicyclic) bond motifs is 1. The van der Waals surface area contributed by atoms with Crippen molar-refractivity contribution in [2.24, 2.45) is 5.92 Å². The maximum atomic E-state index is 13.3. The van der Waals surface area contributed by atoms with Gasteiger partial charge >= 0.3 is 0 Å². The Labute approximate surface area is 228 Å². The van der Waals surface area contributed by atoms with E-state index >= 15 is 0 Å². The van der Waals surface area contributed by atoms with Crippen LogP contribution in [0.25, 0.3) is 0 Å². The average molecular weight is 531 g/mol. The third-order valence-electron chi connectivity index (χ3n) is 7.84. The molecule has 0 radical (unpaired) electrons. The summed E-state index contributed by atoms with van der Waals surface area (Å²) in [4.78, 5) is 36.9. The highest BCUT2D eigenvalue weighted by Gasteiger charge is 2.39. The van der Waals surface area contributed by atoms with E-state index in [1.54, 1.807) is 0 Å². The second-order valence-electron chi connectivity index (χ2n) is 10.7. The number of aromatic nitrogens is 1. The first-order chi connectivity index (χ1) is 18.5. The minimum Gasteiger partial charge on any atom is -0.486 e. The molecule has 1 atom stereocenters. The number of rotatable bonds is 6. The van der Waals surface area contributed by atoms with Crippen LogP contribution in [0.4, 0.5) is 0 Å². The van der Waals surface area contributed by atoms with Crippen molar-refractivity contribution < 1.29 is 14.3 Å². The zero-order valence-corrected chi connectivity index (χ0v) is 22.9. The first-order valence-electron chi connectivity index (χ1n) is 13.5. The van der Waals surface area contributed by atoms with Crippen LogP contribution in [0.2, 0.25) is 0 Å². The van der Waals surface area contributed by atoms with Crippen molar-refractivity contribution in [3.8, 4) is 5.75 Å². The van der Waals surface area contributed by atoms with E-state index < -0.39 is 0 Å². The van der Waals surface area contributed by atoms with Crippen molar-refractivity contribution in [3.05, 3.63) is 80.8 Å². The van der Waals surface area contributed by atoms with E-state index in [1.807, 2.05) is 16.3 Å². The number of hydrogen-bond acceptors (Lipinski definition) is 6. The Hall–Kier alpha value is -3.23. The number of aryl methyl sites for hydroxylation is 1. The van der Waals surface area contributed by atoms with Crippen LogP contribution >= 0.6 is 11.3 Å². The molecule has 1 saturated carbocycles. The largest absolute Gasteiger partial charge is 0.486 e. The van der Waals surface area contributed by atoms with Gasteiger partial charge in [0, 0.05) is 44.0 Å². The number of likely N-dealkylation sites (N-methyl/N-ethyl adjacent to an activating group) is 1. The molecule has 198 valence electrons. The van der Waals surface area contributed by atoms with Crippen molar-refractivity contribution in [1.82, 2.24) is 19.7 Å². The molecule has 0 N–H and O–H groups in total. The number of ether oxygens (including phenoxy) is 1. The zero-order chi connectivity index (χ0) is 26.2. The number of amides is 2. The molecule has 1 aromatic heterocycles. The molecule has 3 heterocycles. The molecule has 3 aliphatic rings. The third kappa shape index (κ3) is 5.20. The monoisotopic (exact) mass is 530 g/mol. The van der Waals surface area contributed by atoms with E-state index in [-0.39, 0.29) is 23.8 Å². The van der Waals surface area contributed by atoms with Gasteiger partial charge in [0.1, 0.15) is 23.1 Å². The lowest BCUT2D eigenvalue weighted by atomic mass is 9.87. The van der Waals surface area contributed by atoms with Gasteiger partial charge in [0.15, 0.2) is 0 Å². The molecule has 8 heteroatoms. The highest BCUT2D eigenvalue weighted by Crippen LogP contribution is 2.41. The Morgan fingerprint density at radius 2 is 1.87 bits per heavy atom. The van der Waals surface area contributed by atoms with Crippen molar-refractivity contribution in [3.63, 3.8) is 0 Å². The smallest absolute Gasteiger partial charge is 0.273 e. The van der Waals surface area contributed by atoms with Gasteiger partial charge < -0.3 is 19.4 Å². The molecule has 2 aliphatic heterocycles. The first-order valence-corrected chi connectivity index (χ1v) is 14.4. The van der Waals surface area contributed by atoms with Gasteiger partial charge in [-0.25, -0.2) is 4.98 Å². The second-order valence-corrected chi connectivity index (χ2v) is 11.7. The van der Waals surface area contributed by atoms with Gasteiger partial charge in [-0.15, -0.1) is 11.3 Å². The summed E-state index contributed by atoms with van der Waals surface area (Å²) < 4.78 is 6.19. The van der Waals surface area contributed by atoms with Crippen molar-refractivity contribution in [2.75, 3.05) is 39.8 Å². The van der Waals surface area contributed by atoms with Crippen molar-refractivity contribution >= 4 is 23.2 Å². The highest BCUT2D eigenvalue weighted by molar-refractivity contribution is 7.09. The van der Waals surface area contributed by atoms with Crippen LogP contribution in [0.1, 0.15) is 56.6 Å². The lowest BCUT2D eigenvalue weighted by Crippen LogP contribution is -2.47. The normalized spacial score (nSPS) is 19.8. The molecule has 6 rings (SSSR count).